The zero-order chi connectivity index (χ0) is 20.2. The highest BCUT2D eigenvalue weighted by atomic mass is 16.2. The van der Waals surface area contributed by atoms with Crippen LogP contribution in [0.1, 0.15) is 63.5 Å². The largest absolute Gasteiger partial charge is 0.368 e. The van der Waals surface area contributed by atoms with Crippen molar-refractivity contribution in [1.82, 2.24) is 15.6 Å². The van der Waals surface area contributed by atoms with Crippen LogP contribution in [0.2, 0.25) is 0 Å². The van der Waals surface area contributed by atoms with E-state index in [9.17, 15) is 14.4 Å². The number of rotatable bonds is 11. The van der Waals surface area contributed by atoms with Gasteiger partial charge in [0.2, 0.25) is 17.7 Å². The predicted molar refractivity (Wildman–Crippen MR) is 107 cm³/mol. The fraction of sp³-hybridized carbons (Fsp3) is 0.619. The Kier molecular flexibility index (Phi) is 9.45. The summed E-state index contributed by atoms with van der Waals surface area (Å²) >= 11 is 0. The van der Waals surface area contributed by atoms with Crippen molar-refractivity contribution in [3.8, 4) is 0 Å². The summed E-state index contributed by atoms with van der Waals surface area (Å²) in [5.74, 6) is -0.512. The highest BCUT2D eigenvalue weighted by Gasteiger charge is 2.21. The molecule has 1 aromatic rings. The SMILES string of the molecule is NC(=O)[C@@H](CC(=O)NCCc1ccccn1)NC(=O)CCCC1CCCCC1. The minimum absolute atomic E-state index is 0.147. The Hall–Kier alpha value is -2.44. The van der Waals surface area contributed by atoms with Crippen molar-refractivity contribution < 1.29 is 14.4 Å². The number of hydrogen-bond acceptors (Lipinski definition) is 4. The van der Waals surface area contributed by atoms with Gasteiger partial charge in [-0.2, -0.15) is 0 Å². The average Bonchev–Trinajstić information content (AvgIpc) is 2.69. The van der Waals surface area contributed by atoms with E-state index < -0.39 is 11.9 Å². The molecule has 1 atom stereocenters. The van der Waals surface area contributed by atoms with Gasteiger partial charge in [-0.3, -0.25) is 19.4 Å². The maximum atomic E-state index is 12.1. The third kappa shape index (κ3) is 8.50. The van der Waals surface area contributed by atoms with Gasteiger partial charge in [-0.25, -0.2) is 0 Å². The standard InChI is InChI=1S/C21H32N4O3/c22-21(28)18(15-20(27)24-14-12-17-10-4-5-13-23-17)25-19(26)11-6-9-16-7-2-1-3-8-16/h4-5,10,13,16,18H,1-3,6-9,11-12,14-15H2,(H2,22,28)(H,24,27)(H,25,26)/t18-/m1/s1. The molecule has 1 fully saturated rings. The molecule has 1 heterocycles. The van der Waals surface area contributed by atoms with Gasteiger partial charge in [0.05, 0.1) is 6.42 Å². The Morgan fingerprint density at radius 1 is 1.14 bits per heavy atom. The van der Waals surface area contributed by atoms with E-state index in [0.29, 0.717) is 19.4 Å². The molecular formula is C21H32N4O3. The molecule has 3 amide bonds. The first-order valence-electron chi connectivity index (χ1n) is 10.3. The minimum atomic E-state index is -0.975. The van der Waals surface area contributed by atoms with Gasteiger partial charge >= 0.3 is 0 Å². The summed E-state index contributed by atoms with van der Waals surface area (Å²) < 4.78 is 0. The second-order valence-electron chi connectivity index (χ2n) is 7.54. The third-order valence-corrected chi connectivity index (χ3v) is 5.24. The van der Waals surface area contributed by atoms with E-state index in [-0.39, 0.29) is 18.2 Å². The van der Waals surface area contributed by atoms with Crippen LogP contribution < -0.4 is 16.4 Å². The molecule has 1 aliphatic rings. The van der Waals surface area contributed by atoms with Crippen LogP contribution in [-0.4, -0.2) is 35.3 Å². The summed E-state index contributed by atoms with van der Waals surface area (Å²) in [6.45, 7) is 0.413. The summed E-state index contributed by atoms with van der Waals surface area (Å²) in [5, 5.41) is 5.34. The van der Waals surface area contributed by atoms with Crippen molar-refractivity contribution in [2.75, 3.05) is 6.54 Å². The number of amides is 3. The van der Waals surface area contributed by atoms with E-state index in [1.54, 1.807) is 6.20 Å². The van der Waals surface area contributed by atoms with Crippen molar-refractivity contribution >= 4 is 17.7 Å². The number of pyridine rings is 1. The second kappa shape index (κ2) is 12.1. The fourth-order valence-corrected chi connectivity index (χ4v) is 3.65. The molecule has 0 aliphatic heterocycles. The van der Waals surface area contributed by atoms with Gasteiger partial charge in [-0.15, -0.1) is 0 Å². The van der Waals surface area contributed by atoms with E-state index in [2.05, 4.69) is 15.6 Å². The van der Waals surface area contributed by atoms with E-state index in [4.69, 9.17) is 5.73 Å². The molecule has 28 heavy (non-hydrogen) atoms. The lowest BCUT2D eigenvalue weighted by Crippen LogP contribution is -2.47. The minimum Gasteiger partial charge on any atom is -0.368 e. The van der Waals surface area contributed by atoms with Crippen molar-refractivity contribution in [3.63, 3.8) is 0 Å². The van der Waals surface area contributed by atoms with Crippen LogP contribution in [0.25, 0.3) is 0 Å². The number of primary amides is 1. The van der Waals surface area contributed by atoms with Gasteiger partial charge < -0.3 is 16.4 Å². The molecule has 0 bridgehead atoms. The molecule has 7 heteroatoms. The second-order valence-corrected chi connectivity index (χ2v) is 7.54. The molecule has 1 aromatic heterocycles. The van der Waals surface area contributed by atoms with Gasteiger partial charge in [0.1, 0.15) is 6.04 Å². The van der Waals surface area contributed by atoms with Crippen LogP contribution in [-0.2, 0) is 20.8 Å². The molecule has 0 unspecified atom stereocenters. The molecule has 2 rings (SSSR count). The maximum absolute atomic E-state index is 12.1. The zero-order valence-corrected chi connectivity index (χ0v) is 16.5. The predicted octanol–water partition coefficient (Wildman–Crippen LogP) is 1.85. The smallest absolute Gasteiger partial charge is 0.240 e. The lowest BCUT2D eigenvalue weighted by Gasteiger charge is -2.21. The third-order valence-electron chi connectivity index (χ3n) is 5.24. The number of nitrogens with one attached hydrogen (secondary N) is 2. The Bertz CT molecular complexity index is 630. The molecule has 0 saturated heterocycles. The first-order valence-corrected chi connectivity index (χ1v) is 10.3. The van der Waals surface area contributed by atoms with Gasteiger partial charge in [0.25, 0.3) is 0 Å². The number of carbonyl (C=O) groups is 3. The molecule has 1 saturated carbocycles. The first-order chi connectivity index (χ1) is 13.5. The van der Waals surface area contributed by atoms with Gasteiger partial charge in [-0.1, -0.05) is 38.2 Å². The van der Waals surface area contributed by atoms with Crippen molar-refractivity contribution in [1.29, 1.82) is 0 Å². The van der Waals surface area contributed by atoms with Crippen LogP contribution in [0.5, 0.6) is 0 Å². The lowest BCUT2D eigenvalue weighted by molar-refractivity contribution is -0.130. The zero-order valence-electron chi connectivity index (χ0n) is 16.5. The fourth-order valence-electron chi connectivity index (χ4n) is 3.65. The number of aromatic nitrogens is 1. The van der Waals surface area contributed by atoms with E-state index in [1.807, 2.05) is 18.2 Å². The molecule has 4 N–H and O–H groups in total. The molecule has 0 spiro atoms. The van der Waals surface area contributed by atoms with Crippen LogP contribution in [0, 0.1) is 5.92 Å². The van der Waals surface area contributed by atoms with Crippen molar-refractivity contribution in [3.05, 3.63) is 30.1 Å². The summed E-state index contributed by atoms with van der Waals surface area (Å²) in [5.41, 5.74) is 6.23. The molecule has 1 aliphatic carbocycles. The number of nitrogens with two attached hydrogens (primary N) is 1. The Morgan fingerprint density at radius 3 is 2.61 bits per heavy atom. The van der Waals surface area contributed by atoms with Crippen LogP contribution in [0.15, 0.2) is 24.4 Å². The quantitative estimate of drug-likeness (QED) is 0.537. The van der Waals surface area contributed by atoms with Crippen LogP contribution >= 0.6 is 0 Å². The summed E-state index contributed by atoms with van der Waals surface area (Å²) in [6.07, 6.45) is 10.8. The lowest BCUT2D eigenvalue weighted by atomic mass is 9.86. The van der Waals surface area contributed by atoms with E-state index in [1.165, 1.54) is 32.1 Å². The first kappa shape index (κ1) is 21.9. The number of nitrogens with zero attached hydrogens (tertiary/aromatic N) is 1. The molecular weight excluding hydrogens is 356 g/mol. The Balaban J connectivity index is 1.65. The van der Waals surface area contributed by atoms with E-state index >= 15 is 0 Å². The van der Waals surface area contributed by atoms with Crippen molar-refractivity contribution in [2.24, 2.45) is 11.7 Å². The number of carbonyl (C=O) groups excluding carboxylic acids is 3. The summed E-state index contributed by atoms with van der Waals surface area (Å²) in [6, 6.07) is 4.62. The van der Waals surface area contributed by atoms with E-state index in [0.717, 1.165) is 24.5 Å². The number of hydrogen-bond donors (Lipinski definition) is 3. The molecule has 154 valence electrons. The summed E-state index contributed by atoms with van der Waals surface area (Å²) in [7, 11) is 0. The van der Waals surface area contributed by atoms with Crippen LogP contribution in [0.3, 0.4) is 0 Å². The highest BCUT2D eigenvalue weighted by Crippen LogP contribution is 2.27. The maximum Gasteiger partial charge on any atom is 0.240 e. The molecule has 0 radical (unpaired) electrons. The Labute approximate surface area is 166 Å². The summed E-state index contributed by atoms with van der Waals surface area (Å²) in [4.78, 5) is 40.0. The molecule has 7 nitrogen and oxygen atoms in total. The highest BCUT2D eigenvalue weighted by molar-refractivity contribution is 5.91. The normalized spacial score (nSPS) is 15.6. The average molecular weight is 389 g/mol. The van der Waals surface area contributed by atoms with Crippen LogP contribution in [0.4, 0.5) is 0 Å². The molecule has 0 aromatic carbocycles. The van der Waals surface area contributed by atoms with Crippen molar-refractivity contribution in [2.45, 2.75) is 70.3 Å². The Morgan fingerprint density at radius 2 is 1.93 bits per heavy atom. The van der Waals surface area contributed by atoms with Gasteiger partial charge in [0.15, 0.2) is 0 Å². The van der Waals surface area contributed by atoms with Gasteiger partial charge in [-0.05, 0) is 30.9 Å². The topological polar surface area (TPSA) is 114 Å². The monoisotopic (exact) mass is 388 g/mol. The van der Waals surface area contributed by atoms with Gasteiger partial charge in [0, 0.05) is 31.3 Å².